The molecule has 1 saturated heterocycles. The molecule has 1 unspecified atom stereocenters. The summed E-state index contributed by atoms with van der Waals surface area (Å²) in [7, 11) is 0. The van der Waals surface area contributed by atoms with E-state index in [1.165, 1.54) is 18.2 Å². The number of benzene rings is 1. The van der Waals surface area contributed by atoms with E-state index in [1.54, 1.807) is 27.7 Å². The Bertz CT molecular complexity index is 656. The van der Waals surface area contributed by atoms with Gasteiger partial charge in [-0.1, -0.05) is 18.2 Å². The molecule has 3 nitrogen and oxygen atoms in total. The monoisotopic (exact) mass is 418 g/mol. The predicted octanol–water partition coefficient (Wildman–Crippen LogP) is 5.15. The van der Waals surface area contributed by atoms with Crippen LogP contribution in [0, 0.1) is 11.7 Å². The van der Waals surface area contributed by atoms with Gasteiger partial charge in [-0.15, -0.1) is 4.72 Å². The number of nitrogens with zero attached hydrogens (tertiary/aromatic N) is 1. The lowest BCUT2D eigenvalue weighted by molar-refractivity contribution is -0.0900. The van der Waals surface area contributed by atoms with Crippen molar-refractivity contribution < 1.29 is 17.7 Å². The first kappa shape index (κ1) is 23.5. The van der Waals surface area contributed by atoms with E-state index in [2.05, 4.69) is 23.5 Å². The molecule has 1 aromatic rings. The SMILES string of the molecule is CC(C)N1CCC(C(F)(F)c2cccc([C@@H](C)N[S+]([O-])C(C)(C)C)c2F)CC1. The van der Waals surface area contributed by atoms with Crippen LogP contribution in [0.3, 0.4) is 0 Å². The quantitative estimate of drug-likeness (QED) is 0.649. The van der Waals surface area contributed by atoms with Crippen LogP contribution in [0.15, 0.2) is 18.2 Å². The molecular weight excluding hydrogens is 385 g/mol. The van der Waals surface area contributed by atoms with E-state index in [1.807, 2.05) is 0 Å². The normalized spacial score (nSPS) is 19.8. The van der Waals surface area contributed by atoms with Crippen LogP contribution >= 0.6 is 0 Å². The van der Waals surface area contributed by atoms with E-state index in [-0.39, 0.29) is 5.56 Å². The zero-order valence-corrected chi connectivity index (χ0v) is 18.5. The standard InChI is InChI=1S/C21H33F3N2OS/c1-14(2)26-12-10-16(11-13-26)21(23,24)18-9-7-8-17(19(18)22)15(3)25-28(27)20(4,5)6/h7-9,14-16,25H,10-13H2,1-6H3/t15-,28?/m1/s1. The first-order valence-electron chi connectivity index (χ1n) is 9.94. The molecule has 0 aliphatic carbocycles. The van der Waals surface area contributed by atoms with Gasteiger partial charge in [0.15, 0.2) is 0 Å². The van der Waals surface area contributed by atoms with Crippen LogP contribution < -0.4 is 4.72 Å². The van der Waals surface area contributed by atoms with Gasteiger partial charge in [-0.05, 0) is 67.5 Å². The van der Waals surface area contributed by atoms with Crippen molar-refractivity contribution >= 4 is 11.4 Å². The molecule has 1 fully saturated rings. The average Bonchev–Trinajstić information content (AvgIpc) is 2.60. The summed E-state index contributed by atoms with van der Waals surface area (Å²) in [6, 6.07) is 3.81. The second kappa shape index (κ2) is 8.94. The molecule has 1 heterocycles. The molecule has 1 N–H and O–H groups in total. The molecule has 0 amide bonds. The smallest absolute Gasteiger partial charge is 0.278 e. The minimum Gasteiger partial charge on any atom is -0.598 e. The number of piperidine rings is 1. The lowest BCUT2D eigenvalue weighted by Crippen LogP contribution is -2.43. The summed E-state index contributed by atoms with van der Waals surface area (Å²) in [5, 5.41) is 0. The molecule has 2 rings (SSSR count). The van der Waals surface area contributed by atoms with Crippen LogP contribution in [0.5, 0.6) is 0 Å². The maximum Gasteiger partial charge on any atom is 0.278 e. The van der Waals surface area contributed by atoms with E-state index in [4.69, 9.17) is 0 Å². The van der Waals surface area contributed by atoms with Crippen molar-refractivity contribution in [3.8, 4) is 0 Å². The molecular formula is C21H33F3N2OS. The van der Waals surface area contributed by atoms with Gasteiger partial charge < -0.3 is 9.45 Å². The zero-order valence-electron chi connectivity index (χ0n) is 17.7. The van der Waals surface area contributed by atoms with Gasteiger partial charge in [0, 0.05) is 28.9 Å². The molecule has 1 aromatic carbocycles. The van der Waals surface area contributed by atoms with Crippen molar-refractivity contribution in [3.63, 3.8) is 0 Å². The van der Waals surface area contributed by atoms with Crippen LogP contribution in [0.25, 0.3) is 0 Å². The third kappa shape index (κ3) is 5.23. The van der Waals surface area contributed by atoms with Crippen LogP contribution in [0.4, 0.5) is 13.2 Å². The number of hydrogen-bond donors (Lipinski definition) is 1. The zero-order chi connectivity index (χ0) is 21.3. The summed E-state index contributed by atoms with van der Waals surface area (Å²) >= 11 is -1.43. The van der Waals surface area contributed by atoms with Gasteiger partial charge in [0.25, 0.3) is 5.92 Å². The number of halogens is 3. The van der Waals surface area contributed by atoms with Crippen molar-refractivity contribution in [1.29, 1.82) is 0 Å². The molecule has 160 valence electrons. The lowest BCUT2D eigenvalue weighted by atomic mass is 9.85. The molecule has 2 atom stereocenters. The molecule has 0 bridgehead atoms. The highest BCUT2D eigenvalue weighted by Gasteiger charge is 2.45. The first-order valence-corrected chi connectivity index (χ1v) is 11.1. The second-order valence-electron chi connectivity index (χ2n) is 8.96. The molecule has 7 heteroatoms. The number of likely N-dealkylation sites (tertiary alicyclic amines) is 1. The van der Waals surface area contributed by atoms with Crippen molar-refractivity contribution in [2.75, 3.05) is 13.1 Å². The Morgan fingerprint density at radius 1 is 1.14 bits per heavy atom. The Morgan fingerprint density at radius 2 is 1.71 bits per heavy atom. The van der Waals surface area contributed by atoms with E-state index in [0.717, 1.165) is 0 Å². The summed E-state index contributed by atoms with van der Waals surface area (Å²) in [6.07, 6.45) is 0.688. The van der Waals surface area contributed by atoms with Crippen LogP contribution in [-0.4, -0.2) is 33.3 Å². The van der Waals surface area contributed by atoms with Crippen molar-refractivity contribution in [1.82, 2.24) is 9.62 Å². The van der Waals surface area contributed by atoms with Crippen LogP contribution in [0.2, 0.25) is 0 Å². The van der Waals surface area contributed by atoms with Gasteiger partial charge in [-0.3, -0.25) is 0 Å². The molecule has 1 aliphatic rings. The highest BCUT2D eigenvalue weighted by atomic mass is 32.2. The maximum absolute atomic E-state index is 15.2. The second-order valence-corrected chi connectivity index (χ2v) is 11.0. The fourth-order valence-electron chi connectivity index (χ4n) is 3.54. The number of rotatable bonds is 6. The van der Waals surface area contributed by atoms with Crippen molar-refractivity contribution in [2.24, 2.45) is 5.92 Å². The summed E-state index contributed by atoms with van der Waals surface area (Å²) < 4.78 is 60.1. The van der Waals surface area contributed by atoms with Crippen LogP contribution in [0.1, 0.15) is 71.6 Å². The highest BCUT2D eigenvalue weighted by Crippen LogP contribution is 2.43. The Kier molecular flexibility index (Phi) is 7.51. The maximum atomic E-state index is 15.2. The minimum absolute atomic E-state index is 0.120. The summed E-state index contributed by atoms with van der Waals surface area (Å²) in [5.41, 5.74) is -0.433. The molecule has 0 spiro atoms. The molecule has 0 radical (unpaired) electrons. The lowest BCUT2D eigenvalue weighted by Gasteiger charge is -2.38. The average molecular weight is 419 g/mol. The minimum atomic E-state index is -3.23. The van der Waals surface area contributed by atoms with E-state index >= 15 is 13.2 Å². The molecule has 0 saturated carbocycles. The molecule has 0 aromatic heterocycles. The van der Waals surface area contributed by atoms with E-state index < -0.39 is 45.4 Å². The van der Waals surface area contributed by atoms with E-state index in [9.17, 15) is 4.55 Å². The fourth-order valence-corrected chi connectivity index (χ4v) is 4.34. The first-order chi connectivity index (χ1) is 12.9. The van der Waals surface area contributed by atoms with Gasteiger partial charge in [0.05, 0.1) is 11.6 Å². The highest BCUT2D eigenvalue weighted by molar-refractivity contribution is 7.90. The number of alkyl halides is 2. The van der Waals surface area contributed by atoms with Gasteiger partial charge in [-0.2, -0.15) is 0 Å². The Morgan fingerprint density at radius 3 is 2.21 bits per heavy atom. The topological polar surface area (TPSA) is 38.3 Å². The van der Waals surface area contributed by atoms with Gasteiger partial charge >= 0.3 is 0 Å². The van der Waals surface area contributed by atoms with Crippen molar-refractivity contribution in [2.45, 2.75) is 77.1 Å². The molecule has 1 aliphatic heterocycles. The number of nitrogens with one attached hydrogen (secondary N) is 1. The predicted molar refractivity (Wildman–Crippen MR) is 109 cm³/mol. The third-order valence-corrected chi connectivity index (χ3v) is 7.15. The van der Waals surface area contributed by atoms with Gasteiger partial charge in [0.1, 0.15) is 10.6 Å². The summed E-state index contributed by atoms with van der Waals surface area (Å²) in [6.45, 7) is 12.3. The Balaban J connectivity index is 2.21. The van der Waals surface area contributed by atoms with Gasteiger partial charge in [-0.25, -0.2) is 13.2 Å². The fraction of sp³-hybridized carbons (Fsp3) is 0.714. The number of hydrogen-bond acceptors (Lipinski definition) is 3. The Labute approximate surface area is 170 Å². The van der Waals surface area contributed by atoms with Crippen LogP contribution in [-0.2, 0) is 17.3 Å². The summed E-state index contributed by atoms with van der Waals surface area (Å²) in [5.74, 6) is -5.00. The molecule has 28 heavy (non-hydrogen) atoms. The van der Waals surface area contributed by atoms with Gasteiger partial charge in [0.2, 0.25) is 0 Å². The van der Waals surface area contributed by atoms with E-state index in [0.29, 0.717) is 32.0 Å². The summed E-state index contributed by atoms with van der Waals surface area (Å²) in [4.78, 5) is 2.17. The largest absolute Gasteiger partial charge is 0.598 e. The van der Waals surface area contributed by atoms with Crippen molar-refractivity contribution in [3.05, 3.63) is 35.1 Å². The third-order valence-electron chi connectivity index (χ3n) is 5.47. The Hall–Kier alpha value is -0.760.